The average Bonchev–Trinajstić information content (AvgIpc) is 2.55. The summed E-state index contributed by atoms with van der Waals surface area (Å²) in [6.45, 7) is -0.0200. The first-order valence-electron chi connectivity index (χ1n) is 7.17. The molecular weight excluding hydrogens is 333 g/mol. The Morgan fingerprint density at radius 1 is 1.12 bits per heavy atom. The van der Waals surface area contributed by atoms with Crippen LogP contribution >= 0.6 is 11.6 Å². The van der Waals surface area contributed by atoms with Gasteiger partial charge in [-0.25, -0.2) is 4.39 Å². The lowest BCUT2D eigenvalue weighted by atomic mass is 10.2. The largest absolute Gasteiger partial charge is 0.376 e. The zero-order valence-corrected chi connectivity index (χ0v) is 14.0. The van der Waals surface area contributed by atoms with Crippen LogP contribution in [-0.4, -0.2) is 37.4 Å². The first-order chi connectivity index (χ1) is 11.4. The summed E-state index contributed by atoms with van der Waals surface area (Å²) in [5.41, 5.74) is 1.54. The second kappa shape index (κ2) is 7.79. The summed E-state index contributed by atoms with van der Waals surface area (Å²) < 4.78 is 13.1. The van der Waals surface area contributed by atoms with Crippen LogP contribution in [0.15, 0.2) is 42.5 Å². The summed E-state index contributed by atoms with van der Waals surface area (Å²) in [4.78, 5) is 25.3. The van der Waals surface area contributed by atoms with Gasteiger partial charge in [0.2, 0.25) is 5.91 Å². The molecule has 0 unspecified atom stereocenters. The zero-order valence-electron chi connectivity index (χ0n) is 13.3. The number of hydrogen-bond donors (Lipinski definition) is 2. The van der Waals surface area contributed by atoms with E-state index in [1.165, 1.54) is 23.1 Å². The first kappa shape index (κ1) is 17.7. The maximum atomic E-state index is 13.1. The van der Waals surface area contributed by atoms with Gasteiger partial charge in [0.25, 0.3) is 5.91 Å². The minimum atomic E-state index is -0.519. The van der Waals surface area contributed by atoms with Gasteiger partial charge in [0.1, 0.15) is 5.82 Å². The molecule has 5 nitrogen and oxygen atoms in total. The van der Waals surface area contributed by atoms with Crippen molar-refractivity contribution in [1.29, 1.82) is 0 Å². The van der Waals surface area contributed by atoms with E-state index in [0.29, 0.717) is 16.9 Å². The monoisotopic (exact) mass is 349 g/mol. The fraction of sp³-hybridized carbons (Fsp3) is 0.176. The van der Waals surface area contributed by atoms with E-state index in [4.69, 9.17) is 11.6 Å². The van der Waals surface area contributed by atoms with E-state index in [2.05, 4.69) is 10.6 Å². The Morgan fingerprint density at radius 2 is 1.88 bits per heavy atom. The molecule has 2 rings (SSSR count). The van der Waals surface area contributed by atoms with Crippen LogP contribution in [0.3, 0.4) is 0 Å². The molecule has 2 N–H and O–H groups in total. The van der Waals surface area contributed by atoms with E-state index in [1.54, 1.807) is 38.4 Å². The van der Waals surface area contributed by atoms with E-state index in [1.807, 2.05) is 0 Å². The Balaban J connectivity index is 1.96. The topological polar surface area (TPSA) is 61.4 Å². The van der Waals surface area contributed by atoms with Crippen molar-refractivity contribution >= 4 is 34.8 Å². The lowest BCUT2D eigenvalue weighted by Crippen LogP contribution is -2.23. The van der Waals surface area contributed by atoms with Crippen molar-refractivity contribution in [2.75, 3.05) is 31.3 Å². The molecule has 24 heavy (non-hydrogen) atoms. The van der Waals surface area contributed by atoms with Crippen molar-refractivity contribution in [3.05, 3.63) is 58.9 Å². The molecule has 0 aromatic heterocycles. The molecule has 0 bridgehead atoms. The van der Waals surface area contributed by atoms with E-state index >= 15 is 0 Å². The number of carbonyl (C=O) groups excluding carboxylic acids is 2. The number of carbonyl (C=O) groups is 2. The Bertz CT molecular complexity index is 765. The van der Waals surface area contributed by atoms with Gasteiger partial charge in [-0.15, -0.1) is 0 Å². The van der Waals surface area contributed by atoms with Gasteiger partial charge >= 0.3 is 0 Å². The summed E-state index contributed by atoms with van der Waals surface area (Å²) in [5.74, 6) is -0.968. The number of benzene rings is 2. The first-order valence-corrected chi connectivity index (χ1v) is 7.55. The maximum Gasteiger partial charge on any atom is 0.253 e. The summed E-state index contributed by atoms with van der Waals surface area (Å²) in [6.07, 6.45) is 0. The summed E-state index contributed by atoms with van der Waals surface area (Å²) in [6, 6.07) is 10.8. The van der Waals surface area contributed by atoms with Crippen LogP contribution in [0.1, 0.15) is 10.4 Å². The van der Waals surface area contributed by atoms with E-state index in [0.717, 1.165) is 0 Å². The molecule has 0 saturated carbocycles. The Kier molecular flexibility index (Phi) is 5.76. The number of rotatable bonds is 5. The number of halogens is 2. The second-order valence-corrected chi connectivity index (χ2v) is 5.72. The van der Waals surface area contributed by atoms with Gasteiger partial charge in [-0.1, -0.05) is 17.7 Å². The van der Waals surface area contributed by atoms with Gasteiger partial charge in [-0.2, -0.15) is 0 Å². The fourth-order valence-corrected chi connectivity index (χ4v) is 2.16. The third kappa shape index (κ3) is 4.70. The molecule has 0 aliphatic carbocycles. The Morgan fingerprint density at radius 3 is 2.54 bits per heavy atom. The number of nitrogens with zero attached hydrogens (tertiary/aromatic N) is 1. The minimum Gasteiger partial charge on any atom is -0.376 e. The smallest absolute Gasteiger partial charge is 0.253 e. The highest BCUT2D eigenvalue weighted by Gasteiger charge is 2.09. The number of amides is 2. The second-order valence-electron chi connectivity index (χ2n) is 5.31. The van der Waals surface area contributed by atoms with Gasteiger partial charge in [0.15, 0.2) is 0 Å². The lowest BCUT2D eigenvalue weighted by Gasteiger charge is -2.12. The van der Waals surface area contributed by atoms with Gasteiger partial charge in [0, 0.05) is 31.0 Å². The zero-order chi connectivity index (χ0) is 17.7. The van der Waals surface area contributed by atoms with Crippen molar-refractivity contribution < 1.29 is 14.0 Å². The molecule has 0 spiro atoms. The molecule has 0 aliphatic heterocycles. The number of nitrogens with one attached hydrogen (secondary N) is 2. The molecular formula is C17H17ClFN3O2. The Hall–Kier alpha value is -2.60. The molecule has 2 amide bonds. The van der Waals surface area contributed by atoms with Gasteiger partial charge in [-0.3, -0.25) is 9.59 Å². The van der Waals surface area contributed by atoms with Gasteiger partial charge in [-0.05, 0) is 36.4 Å². The van der Waals surface area contributed by atoms with Gasteiger partial charge < -0.3 is 15.5 Å². The predicted octanol–water partition coefficient (Wildman–Crippen LogP) is 3.23. The summed E-state index contributed by atoms with van der Waals surface area (Å²) in [7, 11) is 3.32. The molecule has 2 aromatic carbocycles. The highest BCUT2D eigenvalue weighted by atomic mass is 35.5. The molecule has 0 radical (unpaired) electrons. The third-order valence-electron chi connectivity index (χ3n) is 3.17. The SMILES string of the molecule is CN(C)C(=O)c1cccc(NC(=O)CNc2ccc(F)c(Cl)c2)c1. The minimum absolute atomic E-state index is 0.0182. The highest BCUT2D eigenvalue weighted by Crippen LogP contribution is 2.19. The quantitative estimate of drug-likeness (QED) is 0.871. The van der Waals surface area contributed by atoms with E-state index in [-0.39, 0.29) is 23.4 Å². The van der Waals surface area contributed by atoms with Gasteiger partial charge in [0.05, 0.1) is 11.6 Å². The van der Waals surface area contributed by atoms with Crippen molar-refractivity contribution in [3.63, 3.8) is 0 Å². The van der Waals surface area contributed by atoms with Crippen LogP contribution in [0, 0.1) is 5.82 Å². The Labute approximate surface area is 144 Å². The number of hydrogen-bond acceptors (Lipinski definition) is 3. The molecule has 0 aliphatic rings. The normalized spacial score (nSPS) is 10.2. The van der Waals surface area contributed by atoms with Crippen LogP contribution in [0.5, 0.6) is 0 Å². The standard InChI is InChI=1S/C17H17ClFN3O2/c1-22(2)17(24)11-4-3-5-13(8-11)21-16(23)10-20-12-6-7-15(19)14(18)9-12/h3-9,20H,10H2,1-2H3,(H,21,23). The molecule has 126 valence electrons. The highest BCUT2D eigenvalue weighted by molar-refractivity contribution is 6.31. The van der Waals surface area contributed by atoms with E-state index < -0.39 is 5.82 Å². The van der Waals surface area contributed by atoms with Crippen molar-refractivity contribution in [2.45, 2.75) is 0 Å². The summed E-state index contributed by atoms with van der Waals surface area (Å²) in [5, 5.41) is 5.52. The van der Waals surface area contributed by atoms with Crippen molar-refractivity contribution in [3.8, 4) is 0 Å². The molecule has 0 atom stereocenters. The molecule has 0 fully saturated rings. The molecule has 0 saturated heterocycles. The fourth-order valence-electron chi connectivity index (χ4n) is 1.98. The summed E-state index contributed by atoms with van der Waals surface area (Å²) >= 11 is 5.68. The molecule has 2 aromatic rings. The third-order valence-corrected chi connectivity index (χ3v) is 3.46. The van der Waals surface area contributed by atoms with E-state index in [9.17, 15) is 14.0 Å². The number of anilines is 2. The molecule has 7 heteroatoms. The lowest BCUT2D eigenvalue weighted by molar-refractivity contribution is -0.114. The van der Waals surface area contributed by atoms with Crippen LogP contribution in [0.25, 0.3) is 0 Å². The van der Waals surface area contributed by atoms with Crippen molar-refractivity contribution in [1.82, 2.24) is 4.90 Å². The molecule has 0 heterocycles. The van der Waals surface area contributed by atoms with Crippen LogP contribution in [0.2, 0.25) is 5.02 Å². The van der Waals surface area contributed by atoms with Crippen LogP contribution in [0.4, 0.5) is 15.8 Å². The van der Waals surface area contributed by atoms with Crippen LogP contribution < -0.4 is 10.6 Å². The van der Waals surface area contributed by atoms with Crippen molar-refractivity contribution in [2.24, 2.45) is 0 Å². The predicted molar refractivity (Wildman–Crippen MR) is 93.0 cm³/mol. The maximum absolute atomic E-state index is 13.1. The average molecular weight is 350 g/mol. The van der Waals surface area contributed by atoms with Crippen LogP contribution in [-0.2, 0) is 4.79 Å².